The van der Waals surface area contributed by atoms with E-state index in [0.717, 1.165) is 23.4 Å². The second-order valence-electron chi connectivity index (χ2n) is 5.19. The minimum atomic E-state index is -0.331. The molecule has 1 atom stereocenters. The van der Waals surface area contributed by atoms with Crippen molar-refractivity contribution in [3.63, 3.8) is 0 Å². The molecule has 1 aromatic heterocycles. The number of amides is 1. The number of hydrogen-bond donors (Lipinski definition) is 3. The first-order valence-electron chi connectivity index (χ1n) is 7.19. The third kappa shape index (κ3) is 2.62. The number of fused-ring (bicyclic) bond motifs is 1. The maximum absolute atomic E-state index is 12.3. The van der Waals surface area contributed by atoms with Crippen LogP contribution in [0.25, 0.3) is 0 Å². The second kappa shape index (κ2) is 5.88. The Balaban J connectivity index is 1.90. The molecular formula is C16H18N2O3S. The predicted octanol–water partition coefficient (Wildman–Crippen LogP) is 3.27. The van der Waals surface area contributed by atoms with E-state index in [1.807, 2.05) is 6.07 Å². The zero-order valence-electron chi connectivity index (χ0n) is 12.5. The summed E-state index contributed by atoms with van der Waals surface area (Å²) < 4.78 is 5.12. The number of phenols is 1. The van der Waals surface area contributed by atoms with Crippen LogP contribution in [0, 0.1) is 0 Å². The summed E-state index contributed by atoms with van der Waals surface area (Å²) in [6.45, 7) is 2.12. The van der Waals surface area contributed by atoms with Crippen LogP contribution in [0.3, 0.4) is 0 Å². The summed E-state index contributed by atoms with van der Waals surface area (Å²) in [5.41, 5.74) is 1.54. The minimum Gasteiger partial charge on any atom is -0.504 e. The maximum Gasteiger partial charge on any atom is 0.256 e. The maximum atomic E-state index is 12.3. The van der Waals surface area contributed by atoms with Gasteiger partial charge in [0.1, 0.15) is 11.2 Å². The van der Waals surface area contributed by atoms with Crippen molar-refractivity contribution in [3.05, 3.63) is 40.3 Å². The number of aryl methyl sites for hydroxylation is 1. The second-order valence-corrected chi connectivity index (χ2v) is 6.32. The molecule has 22 heavy (non-hydrogen) atoms. The van der Waals surface area contributed by atoms with E-state index in [2.05, 4.69) is 17.6 Å². The van der Waals surface area contributed by atoms with Gasteiger partial charge in [-0.3, -0.25) is 4.79 Å². The standard InChI is InChI=1S/C16H18N2O3S/c1-3-4-10-8-11-15(20)17-14(18-16(11)22-10)9-5-6-12(19)13(7-9)21-2/h5-8,14,18-19H,3-4H2,1-2H3,(H,17,20). The molecule has 1 amide bonds. The van der Waals surface area contributed by atoms with Crippen molar-refractivity contribution in [1.82, 2.24) is 5.32 Å². The van der Waals surface area contributed by atoms with Crippen molar-refractivity contribution in [1.29, 1.82) is 0 Å². The van der Waals surface area contributed by atoms with E-state index < -0.39 is 0 Å². The lowest BCUT2D eigenvalue weighted by molar-refractivity contribution is 0.0936. The van der Waals surface area contributed by atoms with Gasteiger partial charge in [-0.25, -0.2) is 0 Å². The van der Waals surface area contributed by atoms with Gasteiger partial charge in [0.15, 0.2) is 11.5 Å². The number of methoxy groups -OCH3 is 1. The van der Waals surface area contributed by atoms with E-state index >= 15 is 0 Å². The summed E-state index contributed by atoms with van der Waals surface area (Å²) in [5, 5.41) is 16.8. The Kier molecular flexibility index (Phi) is 3.94. The van der Waals surface area contributed by atoms with Gasteiger partial charge < -0.3 is 20.5 Å². The summed E-state index contributed by atoms with van der Waals surface area (Å²) in [6, 6.07) is 7.01. The highest BCUT2D eigenvalue weighted by molar-refractivity contribution is 7.16. The Labute approximate surface area is 132 Å². The topological polar surface area (TPSA) is 70.6 Å². The largest absolute Gasteiger partial charge is 0.504 e. The molecule has 3 N–H and O–H groups in total. The lowest BCUT2D eigenvalue weighted by Gasteiger charge is -2.26. The third-order valence-corrected chi connectivity index (χ3v) is 4.74. The number of aromatic hydroxyl groups is 1. The molecule has 2 aromatic rings. The van der Waals surface area contributed by atoms with Gasteiger partial charge in [0.05, 0.1) is 12.7 Å². The number of carbonyl (C=O) groups excluding carboxylic acids is 1. The highest BCUT2D eigenvalue weighted by Gasteiger charge is 2.27. The van der Waals surface area contributed by atoms with Crippen LogP contribution in [-0.4, -0.2) is 18.1 Å². The summed E-state index contributed by atoms with van der Waals surface area (Å²) in [7, 11) is 1.50. The monoisotopic (exact) mass is 318 g/mol. The fraction of sp³-hybridized carbons (Fsp3) is 0.312. The number of carbonyl (C=O) groups is 1. The Morgan fingerprint density at radius 1 is 1.32 bits per heavy atom. The lowest BCUT2D eigenvalue weighted by Crippen LogP contribution is -2.37. The predicted molar refractivity (Wildman–Crippen MR) is 86.8 cm³/mol. The summed E-state index contributed by atoms with van der Waals surface area (Å²) in [5.74, 6) is 0.386. The molecule has 1 aliphatic rings. The highest BCUT2D eigenvalue weighted by Crippen LogP contribution is 2.36. The molecule has 0 radical (unpaired) electrons. The van der Waals surface area contributed by atoms with Crippen LogP contribution >= 0.6 is 11.3 Å². The molecular weight excluding hydrogens is 300 g/mol. The van der Waals surface area contributed by atoms with Gasteiger partial charge in [0, 0.05) is 4.88 Å². The number of thiophene rings is 1. The van der Waals surface area contributed by atoms with Gasteiger partial charge in [0.2, 0.25) is 0 Å². The summed E-state index contributed by atoms with van der Waals surface area (Å²) >= 11 is 1.62. The average molecular weight is 318 g/mol. The van der Waals surface area contributed by atoms with Crippen molar-refractivity contribution < 1.29 is 14.6 Å². The number of hydrogen-bond acceptors (Lipinski definition) is 5. The molecule has 5 nitrogen and oxygen atoms in total. The van der Waals surface area contributed by atoms with E-state index in [1.54, 1.807) is 29.5 Å². The van der Waals surface area contributed by atoms with E-state index in [4.69, 9.17) is 4.74 Å². The molecule has 2 heterocycles. The van der Waals surface area contributed by atoms with Crippen molar-refractivity contribution in [2.75, 3.05) is 12.4 Å². The molecule has 0 fully saturated rings. The fourth-order valence-corrected chi connectivity index (χ4v) is 3.69. The van der Waals surface area contributed by atoms with Crippen LogP contribution < -0.4 is 15.4 Å². The zero-order valence-corrected chi connectivity index (χ0v) is 13.3. The molecule has 0 saturated heterocycles. The zero-order chi connectivity index (χ0) is 15.7. The first-order valence-corrected chi connectivity index (χ1v) is 8.01. The fourth-order valence-electron chi connectivity index (χ4n) is 2.50. The number of nitrogens with one attached hydrogen (secondary N) is 2. The van der Waals surface area contributed by atoms with Crippen LogP contribution in [0.5, 0.6) is 11.5 Å². The number of ether oxygens (including phenoxy) is 1. The highest BCUT2D eigenvalue weighted by atomic mass is 32.1. The van der Waals surface area contributed by atoms with Crippen LogP contribution in [0.4, 0.5) is 5.00 Å². The van der Waals surface area contributed by atoms with E-state index in [1.165, 1.54) is 12.0 Å². The number of phenolic OH excluding ortho intramolecular Hbond substituents is 1. The lowest BCUT2D eigenvalue weighted by atomic mass is 10.1. The smallest absolute Gasteiger partial charge is 0.256 e. The Bertz CT molecular complexity index is 711. The van der Waals surface area contributed by atoms with Crippen molar-refractivity contribution in [2.24, 2.45) is 0 Å². The van der Waals surface area contributed by atoms with Gasteiger partial charge in [-0.15, -0.1) is 11.3 Å². The van der Waals surface area contributed by atoms with Crippen molar-refractivity contribution >= 4 is 22.2 Å². The molecule has 1 aromatic carbocycles. The van der Waals surface area contributed by atoms with E-state index in [9.17, 15) is 9.90 Å². The SMILES string of the molecule is CCCc1cc2c(s1)NC(c1ccc(O)c(OC)c1)NC2=O. The average Bonchev–Trinajstić information content (AvgIpc) is 2.91. The summed E-state index contributed by atoms with van der Waals surface area (Å²) in [4.78, 5) is 13.5. The van der Waals surface area contributed by atoms with Crippen LogP contribution in [0.15, 0.2) is 24.3 Å². The van der Waals surface area contributed by atoms with Gasteiger partial charge in [-0.05, 0) is 30.2 Å². The van der Waals surface area contributed by atoms with Gasteiger partial charge in [-0.1, -0.05) is 19.4 Å². The Hall–Kier alpha value is -2.21. The van der Waals surface area contributed by atoms with Crippen LogP contribution in [-0.2, 0) is 6.42 Å². The van der Waals surface area contributed by atoms with E-state index in [0.29, 0.717) is 11.3 Å². The molecule has 1 aliphatic heterocycles. The molecule has 116 valence electrons. The molecule has 0 bridgehead atoms. The van der Waals surface area contributed by atoms with Crippen LogP contribution in [0.1, 0.15) is 40.3 Å². The van der Waals surface area contributed by atoms with Gasteiger partial charge >= 0.3 is 0 Å². The normalized spacial score (nSPS) is 16.6. The minimum absolute atomic E-state index is 0.0791. The number of anilines is 1. The molecule has 0 aliphatic carbocycles. The quantitative estimate of drug-likeness (QED) is 0.809. The van der Waals surface area contributed by atoms with Crippen molar-refractivity contribution in [2.45, 2.75) is 25.9 Å². The molecule has 0 spiro atoms. The summed E-state index contributed by atoms with van der Waals surface area (Å²) in [6.07, 6.45) is 1.70. The van der Waals surface area contributed by atoms with E-state index in [-0.39, 0.29) is 17.8 Å². The first-order chi connectivity index (χ1) is 10.6. The van der Waals surface area contributed by atoms with Gasteiger partial charge in [-0.2, -0.15) is 0 Å². The molecule has 0 saturated carbocycles. The molecule has 6 heteroatoms. The third-order valence-electron chi connectivity index (χ3n) is 3.61. The van der Waals surface area contributed by atoms with Gasteiger partial charge in [0.25, 0.3) is 5.91 Å². The van der Waals surface area contributed by atoms with Crippen molar-refractivity contribution in [3.8, 4) is 11.5 Å². The van der Waals surface area contributed by atoms with Crippen LogP contribution in [0.2, 0.25) is 0 Å². The molecule has 3 rings (SSSR count). The number of rotatable bonds is 4. The number of benzene rings is 1. The Morgan fingerprint density at radius 3 is 2.86 bits per heavy atom. The first kappa shape index (κ1) is 14.7. The Morgan fingerprint density at radius 2 is 2.14 bits per heavy atom. The molecule has 1 unspecified atom stereocenters.